The zero-order valence-corrected chi connectivity index (χ0v) is 18.6. The molecule has 0 saturated heterocycles. The van der Waals surface area contributed by atoms with Crippen molar-refractivity contribution in [1.29, 1.82) is 0 Å². The highest BCUT2D eigenvalue weighted by molar-refractivity contribution is 6.33. The second-order valence-corrected chi connectivity index (χ2v) is 7.91. The summed E-state index contributed by atoms with van der Waals surface area (Å²) in [5.41, 5.74) is 4.38. The Hall–Kier alpha value is -4.03. The zero-order valence-electron chi connectivity index (χ0n) is 17.9. The van der Waals surface area contributed by atoms with E-state index >= 15 is 0 Å². The Morgan fingerprint density at radius 3 is 2.52 bits per heavy atom. The smallest absolute Gasteiger partial charge is 0.260 e. The van der Waals surface area contributed by atoms with Crippen LogP contribution in [-0.4, -0.2) is 19.5 Å². The number of anilines is 2. The van der Waals surface area contributed by atoms with E-state index < -0.39 is 0 Å². The van der Waals surface area contributed by atoms with Gasteiger partial charge in [0.25, 0.3) is 5.56 Å². The van der Waals surface area contributed by atoms with E-state index in [9.17, 15) is 4.79 Å². The van der Waals surface area contributed by atoms with E-state index in [-0.39, 0.29) is 5.56 Å². The number of rotatable bonds is 5. The molecule has 33 heavy (non-hydrogen) atoms. The van der Waals surface area contributed by atoms with Crippen molar-refractivity contribution >= 4 is 34.3 Å². The number of aryl methyl sites for hydroxylation is 1. The maximum atomic E-state index is 13.4. The molecule has 3 heterocycles. The molecule has 0 saturated carbocycles. The first-order chi connectivity index (χ1) is 16.1. The predicted octanol–water partition coefficient (Wildman–Crippen LogP) is 5.94. The standard InChI is InChI=1S/C26H20ClN5O/c1-2-32-24-19(16-29-26(31-24)30-20-8-4-3-5-9-20)13-22(25(32)33)21-11-10-17(14-23(21)27)18-7-6-12-28-15-18/h3-16H,2H2,1H3,(H,29,30,31). The lowest BCUT2D eigenvalue weighted by Gasteiger charge is -2.13. The fraction of sp³-hybridized carbons (Fsp3) is 0.0769. The molecule has 0 aliphatic heterocycles. The number of nitrogens with one attached hydrogen (secondary N) is 1. The van der Waals surface area contributed by atoms with E-state index in [1.54, 1.807) is 29.2 Å². The van der Waals surface area contributed by atoms with Crippen molar-refractivity contribution in [2.75, 3.05) is 5.32 Å². The maximum absolute atomic E-state index is 13.4. The number of aromatic nitrogens is 4. The third kappa shape index (κ3) is 4.08. The van der Waals surface area contributed by atoms with Crippen LogP contribution in [0.25, 0.3) is 33.3 Å². The summed E-state index contributed by atoms with van der Waals surface area (Å²) >= 11 is 6.64. The van der Waals surface area contributed by atoms with Crippen LogP contribution in [0.5, 0.6) is 0 Å². The van der Waals surface area contributed by atoms with Crippen LogP contribution >= 0.6 is 11.6 Å². The highest BCUT2D eigenvalue weighted by Gasteiger charge is 2.15. The SMILES string of the molecule is CCn1c(=O)c(-c2ccc(-c3cccnc3)cc2Cl)cc2cnc(Nc3ccccc3)nc21. The van der Waals surface area contributed by atoms with Crippen LogP contribution in [0.4, 0.5) is 11.6 Å². The molecule has 0 atom stereocenters. The van der Waals surface area contributed by atoms with E-state index in [2.05, 4.69) is 20.3 Å². The van der Waals surface area contributed by atoms with Gasteiger partial charge in [0.1, 0.15) is 5.65 Å². The quantitative estimate of drug-likeness (QED) is 0.356. The topological polar surface area (TPSA) is 72.7 Å². The molecular weight excluding hydrogens is 434 g/mol. The highest BCUT2D eigenvalue weighted by atomic mass is 35.5. The molecule has 1 N–H and O–H groups in total. The van der Waals surface area contributed by atoms with Crippen molar-refractivity contribution < 1.29 is 0 Å². The number of para-hydroxylation sites is 1. The van der Waals surface area contributed by atoms with E-state index in [4.69, 9.17) is 11.6 Å². The molecule has 6 nitrogen and oxygen atoms in total. The van der Waals surface area contributed by atoms with Gasteiger partial charge in [0.15, 0.2) is 0 Å². The van der Waals surface area contributed by atoms with Gasteiger partial charge in [-0.25, -0.2) is 4.98 Å². The second-order valence-electron chi connectivity index (χ2n) is 7.51. The average molecular weight is 454 g/mol. The van der Waals surface area contributed by atoms with Gasteiger partial charge in [-0.15, -0.1) is 0 Å². The first kappa shape index (κ1) is 20.8. The van der Waals surface area contributed by atoms with Gasteiger partial charge in [0, 0.05) is 57.9 Å². The highest BCUT2D eigenvalue weighted by Crippen LogP contribution is 2.32. The van der Waals surface area contributed by atoms with Gasteiger partial charge in [-0.05, 0) is 42.8 Å². The first-order valence-corrected chi connectivity index (χ1v) is 10.9. The summed E-state index contributed by atoms with van der Waals surface area (Å²) in [4.78, 5) is 26.6. The maximum Gasteiger partial charge on any atom is 0.260 e. The Balaban J connectivity index is 1.59. The molecule has 0 amide bonds. The van der Waals surface area contributed by atoms with Crippen LogP contribution in [0.3, 0.4) is 0 Å². The lowest BCUT2D eigenvalue weighted by Crippen LogP contribution is -2.22. The summed E-state index contributed by atoms with van der Waals surface area (Å²) in [6.45, 7) is 2.39. The Kier molecular flexibility index (Phi) is 5.59. The van der Waals surface area contributed by atoms with Crippen LogP contribution < -0.4 is 10.9 Å². The molecule has 0 radical (unpaired) electrons. The summed E-state index contributed by atoms with van der Waals surface area (Å²) in [6.07, 6.45) is 5.23. The van der Waals surface area contributed by atoms with Gasteiger partial charge in [0.2, 0.25) is 5.95 Å². The van der Waals surface area contributed by atoms with Crippen LogP contribution in [0.2, 0.25) is 5.02 Å². The van der Waals surface area contributed by atoms with Gasteiger partial charge in [0.05, 0.1) is 0 Å². The number of fused-ring (bicyclic) bond motifs is 1. The number of halogens is 1. The van der Waals surface area contributed by atoms with E-state index in [0.717, 1.165) is 22.2 Å². The van der Waals surface area contributed by atoms with E-state index in [1.165, 1.54) is 0 Å². The third-order valence-electron chi connectivity index (χ3n) is 5.43. The summed E-state index contributed by atoms with van der Waals surface area (Å²) < 4.78 is 1.65. The Morgan fingerprint density at radius 1 is 0.939 bits per heavy atom. The molecular formula is C26H20ClN5O. The average Bonchev–Trinajstić information content (AvgIpc) is 2.85. The molecule has 5 rings (SSSR count). The van der Waals surface area contributed by atoms with Gasteiger partial charge < -0.3 is 5.32 Å². The van der Waals surface area contributed by atoms with Crippen molar-refractivity contribution in [1.82, 2.24) is 19.5 Å². The largest absolute Gasteiger partial charge is 0.324 e. The molecule has 0 unspecified atom stereocenters. The lowest BCUT2D eigenvalue weighted by atomic mass is 10.0. The van der Waals surface area contributed by atoms with Gasteiger partial charge >= 0.3 is 0 Å². The summed E-state index contributed by atoms with van der Waals surface area (Å²) in [7, 11) is 0. The Morgan fingerprint density at radius 2 is 1.79 bits per heavy atom. The first-order valence-electron chi connectivity index (χ1n) is 10.6. The molecule has 5 aromatic rings. The molecule has 7 heteroatoms. The molecule has 0 bridgehead atoms. The normalized spacial score (nSPS) is 11.0. The Labute approximate surface area is 195 Å². The second kappa shape index (κ2) is 8.84. The molecule has 0 fully saturated rings. The predicted molar refractivity (Wildman–Crippen MR) is 133 cm³/mol. The Bertz CT molecular complexity index is 1500. The fourth-order valence-corrected chi connectivity index (χ4v) is 4.09. The molecule has 2 aromatic carbocycles. The van der Waals surface area contributed by atoms with Crippen molar-refractivity contribution in [2.24, 2.45) is 0 Å². The fourth-order valence-electron chi connectivity index (χ4n) is 3.80. The number of benzene rings is 2. The molecule has 162 valence electrons. The monoisotopic (exact) mass is 453 g/mol. The van der Waals surface area contributed by atoms with Crippen molar-refractivity contribution in [3.63, 3.8) is 0 Å². The van der Waals surface area contributed by atoms with Crippen LogP contribution in [-0.2, 0) is 6.54 Å². The molecule has 0 aliphatic carbocycles. The minimum Gasteiger partial charge on any atom is -0.324 e. The number of nitrogens with zero attached hydrogens (tertiary/aromatic N) is 4. The summed E-state index contributed by atoms with van der Waals surface area (Å²) in [5.74, 6) is 0.432. The lowest BCUT2D eigenvalue weighted by molar-refractivity contribution is 0.751. The third-order valence-corrected chi connectivity index (χ3v) is 5.74. The minimum absolute atomic E-state index is 0.148. The van der Waals surface area contributed by atoms with Crippen molar-refractivity contribution in [3.8, 4) is 22.3 Å². The summed E-state index contributed by atoms with van der Waals surface area (Å²) in [5, 5.41) is 4.44. The minimum atomic E-state index is -0.148. The molecule has 3 aromatic heterocycles. The van der Waals surface area contributed by atoms with E-state index in [1.807, 2.05) is 67.6 Å². The van der Waals surface area contributed by atoms with Crippen LogP contribution in [0.15, 0.2) is 90.1 Å². The van der Waals surface area contributed by atoms with Gasteiger partial charge in [-0.2, -0.15) is 4.98 Å². The van der Waals surface area contributed by atoms with Crippen molar-refractivity contribution in [3.05, 3.63) is 101 Å². The number of hydrogen-bond acceptors (Lipinski definition) is 5. The van der Waals surface area contributed by atoms with Crippen molar-refractivity contribution in [2.45, 2.75) is 13.5 Å². The van der Waals surface area contributed by atoms with E-state index in [0.29, 0.717) is 34.3 Å². The number of pyridine rings is 2. The van der Waals surface area contributed by atoms with Crippen LogP contribution in [0, 0.1) is 0 Å². The summed E-state index contributed by atoms with van der Waals surface area (Å²) in [6, 6.07) is 21.0. The van der Waals surface area contributed by atoms with Gasteiger partial charge in [-0.3, -0.25) is 14.3 Å². The molecule has 0 aliphatic rings. The van der Waals surface area contributed by atoms with Crippen LogP contribution in [0.1, 0.15) is 6.92 Å². The number of hydrogen-bond donors (Lipinski definition) is 1. The molecule has 0 spiro atoms. The van der Waals surface area contributed by atoms with Gasteiger partial charge in [-0.1, -0.05) is 48.0 Å². The zero-order chi connectivity index (χ0) is 22.8.